The maximum atomic E-state index is 13.0. The molecule has 1 nitrogen and oxygen atoms in total. The van der Waals surface area contributed by atoms with Crippen LogP contribution in [0.4, 0.5) is 8.78 Å². The molecule has 0 saturated heterocycles. The first-order valence-electron chi connectivity index (χ1n) is 5.81. The molecule has 0 aliphatic heterocycles. The molecule has 0 radical (unpaired) electrons. The Labute approximate surface area is 106 Å². The summed E-state index contributed by atoms with van der Waals surface area (Å²) in [6.07, 6.45) is 0. The van der Waals surface area contributed by atoms with E-state index in [2.05, 4.69) is 0 Å². The molecule has 0 saturated carbocycles. The van der Waals surface area contributed by atoms with Gasteiger partial charge in [0.15, 0.2) is 0 Å². The predicted octanol–water partition coefficient (Wildman–Crippen LogP) is 3.60. The first-order valence-corrected chi connectivity index (χ1v) is 5.81. The highest BCUT2D eigenvalue weighted by atomic mass is 19.1. The second-order valence-electron chi connectivity index (χ2n) is 4.43. The fourth-order valence-corrected chi connectivity index (χ4v) is 1.95. The van der Waals surface area contributed by atoms with Gasteiger partial charge >= 0.3 is 0 Å². The Kier molecular flexibility index (Phi) is 4.05. The molecule has 0 aliphatic rings. The number of rotatable bonds is 4. The third-order valence-electron chi connectivity index (χ3n) is 2.68. The van der Waals surface area contributed by atoms with Crippen LogP contribution >= 0.6 is 0 Å². The smallest absolute Gasteiger partial charge is 0.123 e. The molecule has 0 atom stereocenters. The van der Waals surface area contributed by atoms with E-state index in [0.29, 0.717) is 13.1 Å². The molecule has 0 spiro atoms. The molecule has 3 heteroatoms. The van der Waals surface area contributed by atoms with Gasteiger partial charge in [0, 0.05) is 13.1 Å². The van der Waals surface area contributed by atoms with Crippen LogP contribution in [0.3, 0.4) is 0 Å². The van der Waals surface area contributed by atoms with E-state index in [4.69, 9.17) is 0 Å². The maximum Gasteiger partial charge on any atom is 0.123 e. The van der Waals surface area contributed by atoms with Crippen LogP contribution in [0, 0.1) is 11.6 Å². The summed E-state index contributed by atoms with van der Waals surface area (Å²) in [7, 11) is 1.93. The SMILES string of the molecule is CN(Cc1cccc(F)c1)Cc1cccc(F)c1. The average molecular weight is 247 g/mol. The molecule has 0 aromatic heterocycles. The van der Waals surface area contributed by atoms with Crippen molar-refractivity contribution in [3.05, 3.63) is 71.3 Å². The lowest BCUT2D eigenvalue weighted by Gasteiger charge is -2.16. The number of hydrogen-bond acceptors (Lipinski definition) is 1. The fraction of sp³-hybridized carbons (Fsp3) is 0.200. The summed E-state index contributed by atoms with van der Waals surface area (Å²) in [6, 6.07) is 13.0. The summed E-state index contributed by atoms with van der Waals surface area (Å²) in [5.74, 6) is -0.460. The van der Waals surface area contributed by atoms with Crippen molar-refractivity contribution in [2.45, 2.75) is 13.1 Å². The Balaban J connectivity index is 1.98. The quantitative estimate of drug-likeness (QED) is 0.798. The van der Waals surface area contributed by atoms with Crippen molar-refractivity contribution in [2.24, 2.45) is 0 Å². The van der Waals surface area contributed by atoms with E-state index in [-0.39, 0.29) is 11.6 Å². The minimum absolute atomic E-state index is 0.230. The van der Waals surface area contributed by atoms with Crippen LogP contribution in [0.2, 0.25) is 0 Å². The summed E-state index contributed by atoms with van der Waals surface area (Å²) in [6.45, 7) is 1.27. The Morgan fingerprint density at radius 3 is 1.67 bits per heavy atom. The molecule has 0 N–H and O–H groups in total. The summed E-state index contributed by atoms with van der Waals surface area (Å²) in [5, 5.41) is 0. The predicted molar refractivity (Wildman–Crippen MR) is 68.0 cm³/mol. The Morgan fingerprint density at radius 2 is 1.28 bits per heavy atom. The highest BCUT2D eigenvalue weighted by Crippen LogP contribution is 2.10. The van der Waals surface area contributed by atoms with Crippen molar-refractivity contribution in [2.75, 3.05) is 7.05 Å². The minimum Gasteiger partial charge on any atom is -0.298 e. The normalized spacial score (nSPS) is 10.9. The summed E-state index contributed by atoms with van der Waals surface area (Å²) in [5.41, 5.74) is 1.82. The fourth-order valence-electron chi connectivity index (χ4n) is 1.95. The molecule has 2 aromatic carbocycles. The van der Waals surface area contributed by atoms with Crippen molar-refractivity contribution < 1.29 is 8.78 Å². The van der Waals surface area contributed by atoms with E-state index in [1.807, 2.05) is 24.1 Å². The highest BCUT2D eigenvalue weighted by molar-refractivity contribution is 5.18. The van der Waals surface area contributed by atoms with Gasteiger partial charge in [-0.15, -0.1) is 0 Å². The number of benzene rings is 2. The molecule has 2 aromatic rings. The second-order valence-corrected chi connectivity index (χ2v) is 4.43. The number of nitrogens with zero attached hydrogens (tertiary/aromatic N) is 1. The lowest BCUT2D eigenvalue weighted by Crippen LogP contribution is -2.17. The van der Waals surface area contributed by atoms with E-state index in [1.54, 1.807) is 12.1 Å². The molecular weight excluding hydrogens is 232 g/mol. The van der Waals surface area contributed by atoms with Crippen molar-refractivity contribution in [1.82, 2.24) is 4.90 Å². The van der Waals surface area contributed by atoms with Crippen molar-refractivity contribution >= 4 is 0 Å². The van der Waals surface area contributed by atoms with Crippen LogP contribution in [0.25, 0.3) is 0 Å². The van der Waals surface area contributed by atoms with Gasteiger partial charge in [-0.1, -0.05) is 24.3 Å². The van der Waals surface area contributed by atoms with Crippen LogP contribution in [0.1, 0.15) is 11.1 Å². The molecule has 0 bridgehead atoms. The van der Waals surface area contributed by atoms with Gasteiger partial charge in [-0.2, -0.15) is 0 Å². The van der Waals surface area contributed by atoms with E-state index in [1.165, 1.54) is 24.3 Å². The van der Waals surface area contributed by atoms with Crippen LogP contribution < -0.4 is 0 Å². The van der Waals surface area contributed by atoms with Crippen molar-refractivity contribution in [3.8, 4) is 0 Å². The van der Waals surface area contributed by atoms with Crippen LogP contribution in [0.5, 0.6) is 0 Å². The third-order valence-corrected chi connectivity index (χ3v) is 2.68. The van der Waals surface area contributed by atoms with E-state index < -0.39 is 0 Å². The molecule has 2 rings (SSSR count). The zero-order chi connectivity index (χ0) is 13.0. The van der Waals surface area contributed by atoms with Gasteiger partial charge < -0.3 is 0 Å². The molecule has 0 amide bonds. The van der Waals surface area contributed by atoms with Gasteiger partial charge in [0.25, 0.3) is 0 Å². The largest absolute Gasteiger partial charge is 0.298 e. The molecule has 0 aliphatic carbocycles. The lowest BCUT2D eigenvalue weighted by atomic mass is 10.2. The van der Waals surface area contributed by atoms with E-state index in [0.717, 1.165) is 11.1 Å². The summed E-state index contributed by atoms with van der Waals surface area (Å²) >= 11 is 0. The molecule has 94 valence electrons. The molecule has 0 fully saturated rings. The monoisotopic (exact) mass is 247 g/mol. The van der Waals surface area contributed by atoms with Crippen LogP contribution in [-0.4, -0.2) is 11.9 Å². The first kappa shape index (κ1) is 12.7. The summed E-state index contributed by atoms with van der Waals surface area (Å²) in [4.78, 5) is 2.02. The average Bonchev–Trinajstić information content (AvgIpc) is 2.28. The third kappa shape index (κ3) is 3.64. The van der Waals surface area contributed by atoms with Gasteiger partial charge in [0.2, 0.25) is 0 Å². The van der Waals surface area contributed by atoms with Gasteiger partial charge in [-0.3, -0.25) is 4.90 Å². The zero-order valence-corrected chi connectivity index (χ0v) is 10.2. The number of hydrogen-bond donors (Lipinski definition) is 0. The molecule has 0 heterocycles. The highest BCUT2D eigenvalue weighted by Gasteiger charge is 2.03. The van der Waals surface area contributed by atoms with E-state index >= 15 is 0 Å². The number of halogens is 2. The molecule has 0 unspecified atom stereocenters. The molecule has 18 heavy (non-hydrogen) atoms. The van der Waals surface area contributed by atoms with Gasteiger partial charge in [0.05, 0.1) is 0 Å². The molecular formula is C15H15F2N. The van der Waals surface area contributed by atoms with Crippen LogP contribution in [-0.2, 0) is 13.1 Å². The Bertz CT molecular complexity index is 478. The van der Waals surface area contributed by atoms with E-state index in [9.17, 15) is 8.78 Å². The summed E-state index contributed by atoms with van der Waals surface area (Å²) < 4.78 is 26.1. The van der Waals surface area contributed by atoms with Crippen molar-refractivity contribution in [1.29, 1.82) is 0 Å². The minimum atomic E-state index is -0.230. The Hall–Kier alpha value is -1.74. The standard InChI is InChI=1S/C15H15F2N/c1-18(10-12-4-2-6-14(16)8-12)11-13-5-3-7-15(17)9-13/h2-9H,10-11H2,1H3. The second kappa shape index (κ2) is 5.74. The van der Waals surface area contributed by atoms with Gasteiger partial charge in [0.1, 0.15) is 11.6 Å². The first-order chi connectivity index (χ1) is 8.63. The van der Waals surface area contributed by atoms with Crippen LogP contribution in [0.15, 0.2) is 48.5 Å². The zero-order valence-electron chi connectivity index (χ0n) is 10.2. The van der Waals surface area contributed by atoms with Gasteiger partial charge in [-0.05, 0) is 42.4 Å². The lowest BCUT2D eigenvalue weighted by molar-refractivity contribution is 0.318. The maximum absolute atomic E-state index is 13.0. The topological polar surface area (TPSA) is 3.24 Å². The van der Waals surface area contributed by atoms with Gasteiger partial charge in [-0.25, -0.2) is 8.78 Å². The Morgan fingerprint density at radius 1 is 0.833 bits per heavy atom. The van der Waals surface area contributed by atoms with Crippen molar-refractivity contribution in [3.63, 3.8) is 0 Å².